The fourth-order valence-electron chi connectivity index (χ4n) is 7.99. The molecule has 3 unspecified atom stereocenters. The number of hydrogen-bond acceptors (Lipinski definition) is 5. The van der Waals surface area contributed by atoms with E-state index in [0.29, 0.717) is 23.9 Å². The monoisotopic (exact) mass is 860 g/mol. The second-order valence-electron chi connectivity index (χ2n) is 19.3. The molecule has 3 atom stereocenters. The summed E-state index contributed by atoms with van der Waals surface area (Å²) in [5.74, 6) is -0.150. The number of unbranched alkanes of at least 4 members (excludes halogenated alkanes) is 35. The van der Waals surface area contributed by atoms with Crippen LogP contribution in [0.15, 0.2) is 0 Å². The fourth-order valence-corrected chi connectivity index (χ4v) is 8.73. The third-order valence-electron chi connectivity index (χ3n) is 12.1. The van der Waals surface area contributed by atoms with E-state index in [1.165, 1.54) is 199 Å². The van der Waals surface area contributed by atoms with Gasteiger partial charge in [0, 0.05) is 6.42 Å². The van der Waals surface area contributed by atoms with Gasteiger partial charge in [-0.1, -0.05) is 245 Å². The van der Waals surface area contributed by atoms with Gasteiger partial charge in [0.05, 0.1) is 39.9 Å². The summed E-state index contributed by atoms with van der Waals surface area (Å²) >= 11 is 0. The molecule has 9 heteroatoms. The van der Waals surface area contributed by atoms with Crippen LogP contribution in [-0.2, 0) is 18.4 Å². The van der Waals surface area contributed by atoms with Crippen molar-refractivity contribution >= 4 is 13.7 Å². The molecule has 0 saturated heterocycles. The molecule has 0 aromatic rings. The van der Waals surface area contributed by atoms with Crippen molar-refractivity contribution in [3.63, 3.8) is 0 Å². The van der Waals surface area contributed by atoms with E-state index in [-0.39, 0.29) is 19.1 Å². The van der Waals surface area contributed by atoms with Crippen LogP contribution in [0.5, 0.6) is 0 Å². The molecule has 59 heavy (non-hydrogen) atoms. The zero-order valence-corrected chi connectivity index (χ0v) is 41.2. The van der Waals surface area contributed by atoms with Gasteiger partial charge in [0.2, 0.25) is 5.91 Å². The minimum atomic E-state index is -4.30. The second-order valence-corrected chi connectivity index (χ2v) is 20.7. The van der Waals surface area contributed by atoms with Crippen LogP contribution in [0.4, 0.5) is 0 Å². The van der Waals surface area contributed by atoms with Crippen LogP contribution in [0, 0.1) is 0 Å². The van der Waals surface area contributed by atoms with E-state index in [9.17, 15) is 19.4 Å². The van der Waals surface area contributed by atoms with Gasteiger partial charge >= 0.3 is 7.82 Å². The lowest BCUT2D eigenvalue weighted by Crippen LogP contribution is -2.46. The Bertz CT molecular complexity index is 932. The van der Waals surface area contributed by atoms with Crippen molar-refractivity contribution in [1.29, 1.82) is 0 Å². The normalized spacial score (nSPS) is 14.1. The Kier molecular flexibility index (Phi) is 42.4. The number of hydrogen-bond donors (Lipinski definition) is 3. The van der Waals surface area contributed by atoms with E-state index in [0.717, 1.165) is 38.5 Å². The number of aliphatic hydroxyl groups is 1. The van der Waals surface area contributed by atoms with Crippen molar-refractivity contribution in [1.82, 2.24) is 5.32 Å². The van der Waals surface area contributed by atoms with Crippen molar-refractivity contribution in [3.05, 3.63) is 0 Å². The Balaban J connectivity index is 3.84. The summed E-state index contributed by atoms with van der Waals surface area (Å²) in [4.78, 5) is 23.0. The number of rotatable bonds is 48. The maximum Gasteiger partial charge on any atom is 0.472 e. The minimum Gasteiger partial charge on any atom is -0.391 e. The number of carbonyl (C=O) groups is 1. The highest BCUT2D eigenvalue weighted by molar-refractivity contribution is 7.47. The van der Waals surface area contributed by atoms with Crippen molar-refractivity contribution in [3.8, 4) is 0 Å². The Labute approximate surface area is 368 Å². The number of amides is 1. The number of quaternary nitrogens is 1. The van der Waals surface area contributed by atoms with E-state index in [2.05, 4.69) is 19.2 Å². The standard InChI is InChI=1S/C50H103N2O6P/c1-6-8-10-12-14-15-16-17-18-19-20-21-22-23-24-25-26-27-28-29-30-31-32-33-34-35-36-37-38-39-41-43-49(53)48(51-50(54)44-42-40-13-11-9-7-2)47-58-59(55,56)57-46-45-52(3,4)5/h48-49,53H,6-47H2,1-5H3,(H-,51,54,55,56)/p+1. The highest BCUT2D eigenvalue weighted by Gasteiger charge is 2.28. The van der Waals surface area contributed by atoms with Gasteiger partial charge < -0.3 is 19.8 Å². The molecule has 0 aromatic heterocycles. The Morgan fingerprint density at radius 3 is 1.14 bits per heavy atom. The maximum absolute atomic E-state index is 12.7. The first kappa shape index (κ1) is 58.5. The lowest BCUT2D eigenvalue weighted by atomic mass is 10.0. The average Bonchev–Trinajstić information content (AvgIpc) is 3.19. The molecule has 0 aliphatic carbocycles. The predicted molar refractivity (Wildman–Crippen MR) is 254 cm³/mol. The Morgan fingerprint density at radius 2 is 0.814 bits per heavy atom. The van der Waals surface area contributed by atoms with Crippen LogP contribution in [-0.4, -0.2) is 73.4 Å². The lowest BCUT2D eigenvalue weighted by Gasteiger charge is -2.26. The van der Waals surface area contributed by atoms with E-state index < -0.39 is 20.0 Å². The molecule has 0 aromatic carbocycles. The number of nitrogens with zero attached hydrogens (tertiary/aromatic N) is 1. The first-order valence-corrected chi connectivity index (χ1v) is 27.4. The molecule has 3 N–H and O–H groups in total. The summed E-state index contributed by atoms with van der Waals surface area (Å²) in [6.07, 6.45) is 49.2. The molecule has 0 spiro atoms. The predicted octanol–water partition coefficient (Wildman–Crippen LogP) is 14.9. The largest absolute Gasteiger partial charge is 0.472 e. The maximum atomic E-state index is 12.7. The van der Waals surface area contributed by atoms with Gasteiger partial charge in [-0.15, -0.1) is 0 Å². The summed E-state index contributed by atoms with van der Waals surface area (Å²) in [7, 11) is 1.63. The van der Waals surface area contributed by atoms with Gasteiger partial charge in [0.1, 0.15) is 13.2 Å². The summed E-state index contributed by atoms with van der Waals surface area (Å²) in [6, 6.07) is -0.751. The zero-order chi connectivity index (χ0) is 43.6. The molecule has 0 heterocycles. The van der Waals surface area contributed by atoms with Crippen molar-refractivity contribution in [2.75, 3.05) is 40.9 Å². The zero-order valence-electron chi connectivity index (χ0n) is 40.3. The molecule has 0 rings (SSSR count). The molecule has 0 saturated carbocycles. The molecular formula is C50H104N2O6P+. The van der Waals surface area contributed by atoms with Crippen molar-refractivity contribution < 1.29 is 32.9 Å². The number of likely N-dealkylation sites (N-methyl/N-ethyl adjacent to an activating group) is 1. The van der Waals surface area contributed by atoms with Gasteiger partial charge in [0.15, 0.2) is 0 Å². The molecule has 0 aliphatic rings. The average molecular weight is 860 g/mol. The number of aliphatic hydroxyl groups excluding tert-OH is 1. The molecule has 0 aliphatic heterocycles. The third kappa shape index (κ3) is 45.3. The Hall–Kier alpha value is -0.500. The van der Waals surface area contributed by atoms with E-state index in [4.69, 9.17) is 9.05 Å². The number of carbonyl (C=O) groups excluding carboxylic acids is 1. The summed E-state index contributed by atoms with van der Waals surface area (Å²) in [6.45, 7) is 4.85. The van der Waals surface area contributed by atoms with Gasteiger partial charge in [-0.2, -0.15) is 0 Å². The van der Waals surface area contributed by atoms with Crippen molar-refractivity contribution in [2.45, 2.75) is 276 Å². The number of phosphoric acid groups is 1. The highest BCUT2D eigenvalue weighted by atomic mass is 31.2. The SMILES string of the molecule is CCCCCCCCCCCCCCCCCCCCCCCCCCCCCCCCCC(O)C(COP(=O)(O)OCC[N+](C)(C)C)NC(=O)CCCCCCCC. The van der Waals surface area contributed by atoms with E-state index in [1.807, 2.05) is 21.1 Å². The molecule has 0 bridgehead atoms. The topological polar surface area (TPSA) is 105 Å². The molecular weight excluding hydrogens is 756 g/mol. The van der Waals surface area contributed by atoms with E-state index in [1.54, 1.807) is 0 Å². The summed E-state index contributed by atoms with van der Waals surface area (Å²) in [5.41, 5.74) is 0. The van der Waals surface area contributed by atoms with Gasteiger partial charge in [-0.25, -0.2) is 4.57 Å². The van der Waals surface area contributed by atoms with Gasteiger partial charge in [-0.3, -0.25) is 13.8 Å². The number of phosphoric ester groups is 1. The Morgan fingerprint density at radius 1 is 0.508 bits per heavy atom. The smallest absolute Gasteiger partial charge is 0.391 e. The first-order valence-electron chi connectivity index (χ1n) is 25.9. The van der Waals surface area contributed by atoms with Crippen LogP contribution in [0.3, 0.4) is 0 Å². The highest BCUT2D eigenvalue weighted by Crippen LogP contribution is 2.43. The third-order valence-corrected chi connectivity index (χ3v) is 13.1. The van der Waals surface area contributed by atoms with Crippen molar-refractivity contribution in [2.24, 2.45) is 0 Å². The van der Waals surface area contributed by atoms with Crippen LogP contribution in [0.25, 0.3) is 0 Å². The molecule has 8 nitrogen and oxygen atoms in total. The van der Waals surface area contributed by atoms with E-state index >= 15 is 0 Å². The van der Waals surface area contributed by atoms with Crippen LogP contribution >= 0.6 is 7.82 Å². The summed E-state index contributed by atoms with van der Waals surface area (Å²) in [5, 5.41) is 13.9. The van der Waals surface area contributed by atoms with Gasteiger partial charge in [0.25, 0.3) is 0 Å². The lowest BCUT2D eigenvalue weighted by molar-refractivity contribution is -0.870. The second kappa shape index (κ2) is 42.8. The van der Waals surface area contributed by atoms with Crippen LogP contribution in [0.2, 0.25) is 0 Å². The molecule has 0 fully saturated rings. The fraction of sp³-hybridized carbons (Fsp3) is 0.980. The quantitative estimate of drug-likeness (QED) is 0.0320. The molecule has 0 radical (unpaired) electrons. The minimum absolute atomic E-state index is 0.0779. The van der Waals surface area contributed by atoms with Crippen LogP contribution in [0.1, 0.15) is 264 Å². The first-order chi connectivity index (χ1) is 28.5. The summed E-state index contributed by atoms with van der Waals surface area (Å²) < 4.78 is 23.5. The molecule has 354 valence electrons. The van der Waals surface area contributed by atoms with Gasteiger partial charge in [-0.05, 0) is 12.8 Å². The molecule has 1 amide bonds. The van der Waals surface area contributed by atoms with Crippen LogP contribution < -0.4 is 5.32 Å². The number of nitrogens with one attached hydrogen (secondary N) is 1.